The first-order chi connectivity index (χ1) is 12.6. The maximum atomic E-state index is 12.2. The van der Waals surface area contributed by atoms with Gasteiger partial charge in [-0.3, -0.25) is 4.57 Å². The van der Waals surface area contributed by atoms with Crippen LogP contribution in [0.1, 0.15) is 5.56 Å². The average molecular weight is 347 g/mol. The molecule has 0 bridgehead atoms. The molecule has 130 valence electrons. The molecular weight excluding hydrogens is 330 g/mol. The van der Waals surface area contributed by atoms with Crippen molar-refractivity contribution in [3.8, 4) is 5.75 Å². The van der Waals surface area contributed by atoms with Crippen LogP contribution in [0.15, 0.2) is 74.7 Å². The first-order valence-electron chi connectivity index (χ1n) is 8.38. The number of hydrogen-bond donors (Lipinski definition) is 0. The van der Waals surface area contributed by atoms with E-state index in [1.165, 1.54) is 4.57 Å². The van der Waals surface area contributed by atoms with Gasteiger partial charge in [-0.15, -0.1) is 0 Å². The van der Waals surface area contributed by atoms with E-state index < -0.39 is 11.4 Å². The maximum Gasteiger partial charge on any atom is 0.422 e. The van der Waals surface area contributed by atoms with Gasteiger partial charge in [0.25, 0.3) is 0 Å². The number of ether oxygens (including phenoxy) is 1. The Morgan fingerprint density at radius 1 is 0.962 bits per heavy atom. The molecule has 26 heavy (non-hydrogen) atoms. The van der Waals surface area contributed by atoms with Crippen molar-refractivity contribution in [1.82, 2.24) is 4.57 Å². The molecule has 0 aliphatic heterocycles. The van der Waals surface area contributed by atoms with Gasteiger partial charge in [0.1, 0.15) is 12.4 Å². The molecule has 5 nitrogen and oxygen atoms in total. The van der Waals surface area contributed by atoms with Gasteiger partial charge in [-0.25, -0.2) is 9.59 Å². The monoisotopic (exact) mass is 347 g/mol. The van der Waals surface area contributed by atoms with E-state index in [1.54, 1.807) is 12.1 Å². The van der Waals surface area contributed by atoms with Crippen molar-refractivity contribution in [2.75, 3.05) is 6.61 Å². The first-order valence-corrected chi connectivity index (χ1v) is 8.38. The molecular formula is C21H17NO4. The van der Waals surface area contributed by atoms with Crippen molar-refractivity contribution in [1.29, 1.82) is 0 Å². The topological polar surface area (TPSA) is 61.4 Å². The molecule has 0 spiro atoms. The van der Waals surface area contributed by atoms with E-state index in [4.69, 9.17) is 9.15 Å². The number of hydrogen-bond acceptors (Lipinski definition) is 4. The van der Waals surface area contributed by atoms with Crippen LogP contribution >= 0.6 is 0 Å². The van der Waals surface area contributed by atoms with Gasteiger partial charge in [0.2, 0.25) is 0 Å². The van der Waals surface area contributed by atoms with Crippen molar-refractivity contribution in [2.24, 2.45) is 0 Å². The zero-order valence-electron chi connectivity index (χ0n) is 14.3. The fraction of sp³-hybridized carbons (Fsp3) is 0.143. The van der Waals surface area contributed by atoms with Crippen molar-refractivity contribution in [3.63, 3.8) is 0 Å². The Hall–Kier alpha value is -3.34. The minimum absolute atomic E-state index is 0.287. The summed E-state index contributed by atoms with van der Waals surface area (Å²) in [6, 6.07) is 19.2. The third-order valence-corrected chi connectivity index (χ3v) is 4.43. The lowest BCUT2D eigenvalue weighted by Crippen LogP contribution is -2.27. The Morgan fingerprint density at radius 2 is 1.77 bits per heavy atom. The van der Waals surface area contributed by atoms with E-state index in [0.717, 1.165) is 22.1 Å². The van der Waals surface area contributed by atoms with Crippen LogP contribution in [0, 0.1) is 6.92 Å². The van der Waals surface area contributed by atoms with Crippen LogP contribution < -0.4 is 16.1 Å². The summed E-state index contributed by atoms with van der Waals surface area (Å²) in [4.78, 5) is 24.1. The Kier molecular flexibility index (Phi) is 4.05. The van der Waals surface area contributed by atoms with Gasteiger partial charge >= 0.3 is 11.4 Å². The lowest BCUT2D eigenvalue weighted by Gasteiger charge is -2.12. The zero-order valence-corrected chi connectivity index (χ0v) is 14.3. The number of nitrogens with zero attached hydrogens (tertiary/aromatic N) is 1. The molecule has 0 unspecified atom stereocenters. The van der Waals surface area contributed by atoms with E-state index >= 15 is 0 Å². The van der Waals surface area contributed by atoms with Crippen LogP contribution in [0.25, 0.3) is 21.7 Å². The number of aryl methyl sites for hydroxylation is 1. The molecule has 0 fully saturated rings. The molecule has 1 heterocycles. The minimum Gasteiger partial charge on any atom is -0.492 e. The number of fused-ring (bicyclic) bond motifs is 2. The van der Waals surface area contributed by atoms with Gasteiger partial charge in [-0.2, -0.15) is 0 Å². The maximum absolute atomic E-state index is 12.2. The molecule has 1 aromatic heterocycles. The first kappa shape index (κ1) is 16.1. The summed E-state index contributed by atoms with van der Waals surface area (Å²) in [5.74, 6) is 0.0640. The van der Waals surface area contributed by atoms with E-state index in [1.807, 2.05) is 55.5 Å². The minimum atomic E-state index is -0.668. The zero-order chi connectivity index (χ0) is 18.1. The van der Waals surface area contributed by atoms with Crippen LogP contribution in [0.2, 0.25) is 0 Å². The highest BCUT2D eigenvalue weighted by Crippen LogP contribution is 2.20. The predicted octanol–water partition coefficient (Wildman–Crippen LogP) is 3.50. The summed E-state index contributed by atoms with van der Waals surface area (Å²) in [6.45, 7) is 2.44. The Labute approximate surface area is 149 Å². The summed E-state index contributed by atoms with van der Waals surface area (Å²) < 4.78 is 12.1. The Balaban J connectivity index is 1.62. The van der Waals surface area contributed by atoms with Crippen molar-refractivity contribution in [3.05, 3.63) is 87.2 Å². The van der Waals surface area contributed by atoms with Crippen molar-refractivity contribution < 1.29 is 9.15 Å². The lowest BCUT2D eigenvalue weighted by atomic mass is 10.1. The fourth-order valence-electron chi connectivity index (χ4n) is 3.18. The van der Waals surface area contributed by atoms with Gasteiger partial charge in [-0.05, 0) is 41.5 Å². The molecule has 0 amide bonds. The highest BCUT2D eigenvalue weighted by molar-refractivity contribution is 5.83. The second-order valence-electron chi connectivity index (χ2n) is 6.14. The quantitative estimate of drug-likeness (QED) is 0.567. The normalized spacial score (nSPS) is 11.1. The van der Waals surface area contributed by atoms with Crippen LogP contribution in [0.4, 0.5) is 0 Å². The number of benzene rings is 3. The molecule has 0 saturated carbocycles. The Morgan fingerprint density at radius 3 is 2.62 bits per heavy atom. The highest BCUT2D eigenvalue weighted by Gasteiger charge is 2.11. The molecule has 0 aliphatic rings. The van der Waals surface area contributed by atoms with Crippen LogP contribution in [-0.2, 0) is 6.54 Å². The molecule has 4 aromatic rings. The average Bonchev–Trinajstić information content (AvgIpc) is 2.64. The third kappa shape index (κ3) is 2.88. The third-order valence-electron chi connectivity index (χ3n) is 4.43. The fourth-order valence-corrected chi connectivity index (χ4v) is 3.18. The molecule has 0 N–H and O–H groups in total. The van der Waals surface area contributed by atoms with Gasteiger partial charge in [0.15, 0.2) is 0 Å². The van der Waals surface area contributed by atoms with E-state index in [2.05, 4.69) is 0 Å². The lowest BCUT2D eigenvalue weighted by molar-refractivity contribution is 0.287. The standard InChI is InChI=1S/C21H17NO4/c1-14-5-4-8-18-19(14)22(21(24)26-20(18)23)11-12-25-17-10-9-15-6-2-3-7-16(15)13-17/h2-10,13H,11-12H2,1H3. The molecule has 3 aromatic carbocycles. The van der Waals surface area contributed by atoms with Gasteiger partial charge < -0.3 is 9.15 Å². The second-order valence-corrected chi connectivity index (χ2v) is 6.14. The number of rotatable bonds is 4. The summed E-state index contributed by atoms with van der Waals surface area (Å²) in [5.41, 5.74) is 0.828. The molecule has 0 aliphatic carbocycles. The summed E-state index contributed by atoms with van der Waals surface area (Å²) >= 11 is 0. The molecule has 4 rings (SSSR count). The SMILES string of the molecule is Cc1cccc2c(=O)oc(=O)n(CCOc3ccc4ccccc4c3)c12. The molecule has 5 heteroatoms. The van der Waals surface area contributed by atoms with E-state index in [9.17, 15) is 9.59 Å². The molecule has 0 radical (unpaired) electrons. The Bertz CT molecular complexity index is 1220. The van der Waals surface area contributed by atoms with Crippen LogP contribution in [0.5, 0.6) is 5.75 Å². The van der Waals surface area contributed by atoms with Crippen molar-refractivity contribution >= 4 is 21.7 Å². The number of aromatic nitrogens is 1. The highest BCUT2D eigenvalue weighted by atomic mass is 16.5. The molecule has 0 atom stereocenters. The largest absolute Gasteiger partial charge is 0.492 e. The smallest absolute Gasteiger partial charge is 0.422 e. The molecule has 0 saturated heterocycles. The van der Waals surface area contributed by atoms with Gasteiger partial charge in [0, 0.05) is 0 Å². The van der Waals surface area contributed by atoms with E-state index in [-0.39, 0.29) is 13.2 Å². The van der Waals surface area contributed by atoms with Gasteiger partial charge in [0.05, 0.1) is 17.4 Å². The summed E-state index contributed by atoms with van der Waals surface area (Å²) in [7, 11) is 0. The summed E-state index contributed by atoms with van der Waals surface area (Å²) in [6.07, 6.45) is 0. The van der Waals surface area contributed by atoms with Crippen LogP contribution in [-0.4, -0.2) is 11.2 Å². The summed E-state index contributed by atoms with van der Waals surface area (Å²) in [5, 5.41) is 2.63. The van der Waals surface area contributed by atoms with Gasteiger partial charge in [-0.1, -0.05) is 42.5 Å². The van der Waals surface area contributed by atoms with Crippen molar-refractivity contribution in [2.45, 2.75) is 13.5 Å². The predicted molar refractivity (Wildman–Crippen MR) is 101 cm³/mol. The number of para-hydroxylation sites is 1. The second kappa shape index (κ2) is 6.52. The van der Waals surface area contributed by atoms with E-state index in [0.29, 0.717) is 10.9 Å². The van der Waals surface area contributed by atoms with Crippen LogP contribution in [0.3, 0.4) is 0 Å².